The predicted molar refractivity (Wildman–Crippen MR) is 220 cm³/mol. The molecule has 0 aliphatic heterocycles. The SMILES string of the molecule is CCCCCCCCC(CCCCCCCC)OC(=O)CCCCCCCN(CCN)CCCCCCCC(=O)OCC(C)CCCCCCC. The van der Waals surface area contributed by atoms with E-state index in [1.165, 1.54) is 148 Å². The van der Waals surface area contributed by atoms with Crippen LogP contribution in [-0.4, -0.2) is 55.7 Å². The van der Waals surface area contributed by atoms with Gasteiger partial charge in [-0.15, -0.1) is 0 Å². The largest absolute Gasteiger partial charge is 0.465 e. The molecule has 0 rings (SSSR count). The number of rotatable bonds is 41. The Morgan fingerprint density at radius 2 is 0.882 bits per heavy atom. The number of unbranched alkanes of at least 4 members (excludes halogenated alkanes) is 22. The Morgan fingerprint density at radius 3 is 1.35 bits per heavy atom. The van der Waals surface area contributed by atoms with Gasteiger partial charge in [0.15, 0.2) is 0 Å². The van der Waals surface area contributed by atoms with Gasteiger partial charge in [-0.25, -0.2) is 0 Å². The first-order valence-electron chi connectivity index (χ1n) is 22.7. The summed E-state index contributed by atoms with van der Waals surface area (Å²) in [6.07, 6.45) is 37.7. The molecule has 2 N–H and O–H groups in total. The van der Waals surface area contributed by atoms with Crippen molar-refractivity contribution >= 4 is 11.9 Å². The van der Waals surface area contributed by atoms with Crippen molar-refractivity contribution in [1.82, 2.24) is 4.90 Å². The summed E-state index contributed by atoms with van der Waals surface area (Å²) < 4.78 is 11.6. The Hall–Kier alpha value is -1.14. The maximum Gasteiger partial charge on any atom is 0.306 e. The topological polar surface area (TPSA) is 81.9 Å². The highest BCUT2D eigenvalue weighted by Crippen LogP contribution is 2.19. The van der Waals surface area contributed by atoms with Crippen LogP contribution in [0, 0.1) is 5.92 Å². The van der Waals surface area contributed by atoms with Gasteiger partial charge in [0.1, 0.15) is 6.10 Å². The number of nitrogens with zero attached hydrogens (tertiary/aromatic N) is 1. The molecule has 0 bridgehead atoms. The highest BCUT2D eigenvalue weighted by Gasteiger charge is 2.14. The summed E-state index contributed by atoms with van der Waals surface area (Å²) in [7, 11) is 0. The quantitative estimate of drug-likeness (QED) is 0.0500. The number of ether oxygens (including phenoxy) is 2. The van der Waals surface area contributed by atoms with Gasteiger partial charge in [0.2, 0.25) is 0 Å². The number of hydrogen-bond donors (Lipinski definition) is 1. The van der Waals surface area contributed by atoms with Crippen molar-refractivity contribution in [3.63, 3.8) is 0 Å². The summed E-state index contributed by atoms with van der Waals surface area (Å²) in [5.41, 5.74) is 5.92. The molecule has 0 aromatic rings. The van der Waals surface area contributed by atoms with Crippen molar-refractivity contribution < 1.29 is 19.1 Å². The van der Waals surface area contributed by atoms with Crippen LogP contribution in [0.15, 0.2) is 0 Å². The second-order valence-electron chi connectivity index (χ2n) is 15.9. The first-order chi connectivity index (χ1) is 25.0. The van der Waals surface area contributed by atoms with Crippen LogP contribution in [0.4, 0.5) is 0 Å². The fourth-order valence-corrected chi connectivity index (χ4v) is 7.09. The molecule has 0 saturated heterocycles. The zero-order chi connectivity index (χ0) is 37.5. The number of nitrogens with two attached hydrogens (primary N) is 1. The first kappa shape index (κ1) is 49.9. The van der Waals surface area contributed by atoms with E-state index in [4.69, 9.17) is 15.2 Å². The molecule has 51 heavy (non-hydrogen) atoms. The Kier molecular flexibility index (Phi) is 39.2. The van der Waals surface area contributed by atoms with Crippen LogP contribution < -0.4 is 5.73 Å². The molecule has 6 heteroatoms. The number of hydrogen-bond acceptors (Lipinski definition) is 6. The molecule has 1 atom stereocenters. The van der Waals surface area contributed by atoms with E-state index in [1.807, 2.05) is 0 Å². The van der Waals surface area contributed by atoms with Gasteiger partial charge < -0.3 is 20.1 Å². The maximum atomic E-state index is 12.7. The van der Waals surface area contributed by atoms with Crippen LogP contribution in [0.1, 0.15) is 233 Å². The normalized spacial score (nSPS) is 12.2. The first-order valence-corrected chi connectivity index (χ1v) is 22.7. The molecule has 304 valence electrons. The minimum atomic E-state index is -0.0202. The molecule has 0 fully saturated rings. The summed E-state index contributed by atoms with van der Waals surface area (Å²) in [5.74, 6) is 0.479. The second-order valence-corrected chi connectivity index (χ2v) is 15.9. The summed E-state index contributed by atoms with van der Waals surface area (Å²) in [5, 5.41) is 0. The third-order valence-electron chi connectivity index (χ3n) is 10.5. The van der Waals surface area contributed by atoms with E-state index < -0.39 is 0 Å². The van der Waals surface area contributed by atoms with Crippen molar-refractivity contribution in [2.45, 2.75) is 239 Å². The average Bonchev–Trinajstić information content (AvgIpc) is 3.12. The van der Waals surface area contributed by atoms with E-state index in [0.717, 1.165) is 64.6 Å². The Bertz CT molecular complexity index is 717. The lowest BCUT2D eigenvalue weighted by molar-refractivity contribution is -0.150. The van der Waals surface area contributed by atoms with Crippen molar-refractivity contribution in [3.05, 3.63) is 0 Å². The fraction of sp³-hybridized carbons (Fsp3) is 0.956. The third kappa shape index (κ3) is 37.0. The zero-order valence-electron chi connectivity index (χ0n) is 35.0. The fourth-order valence-electron chi connectivity index (χ4n) is 7.09. The van der Waals surface area contributed by atoms with E-state index in [1.54, 1.807) is 0 Å². The van der Waals surface area contributed by atoms with Crippen molar-refractivity contribution in [3.8, 4) is 0 Å². The van der Waals surface area contributed by atoms with Gasteiger partial charge in [-0.2, -0.15) is 0 Å². The predicted octanol–water partition coefficient (Wildman–Crippen LogP) is 12.9. The number of carbonyl (C=O) groups is 2. The highest BCUT2D eigenvalue weighted by molar-refractivity contribution is 5.69. The molecule has 6 nitrogen and oxygen atoms in total. The molecule has 0 amide bonds. The second kappa shape index (κ2) is 40.1. The van der Waals surface area contributed by atoms with Gasteiger partial charge in [0.25, 0.3) is 0 Å². The summed E-state index contributed by atoms with van der Waals surface area (Å²) in [4.78, 5) is 27.4. The minimum Gasteiger partial charge on any atom is -0.465 e. The van der Waals surface area contributed by atoms with Gasteiger partial charge in [-0.3, -0.25) is 9.59 Å². The molecule has 0 heterocycles. The molecule has 0 aromatic heterocycles. The van der Waals surface area contributed by atoms with Crippen LogP contribution in [0.25, 0.3) is 0 Å². The van der Waals surface area contributed by atoms with E-state index in [9.17, 15) is 9.59 Å². The van der Waals surface area contributed by atoms with E-state index >= 15 is 0 Å². The summed E-state index contributed by atoms with van der Waals surface area (Å²) in [6, 6.07) is 0. The third-order valence-corrected chi connectivity index (χ3v) is 10.5. The number of carbonyl (C=O) groups excluding carboxylic acids is 2. The van der Waals surface area contributed by atoms with Crippen LogP contribution >= 0.6 is 0 Å². The standard InChI is InChI=1S/C45H90N2O4/c1-5-8-11-14-19-26-33-43(34-27-20-15-12-9-6-2)51-45(49)36-29-22-17-24-31-39-47(40-37-46)38-30-23-16-21-28-35-44(48)50-41-42(4)32-25-18-13-10-7-3/h42-43H,5-41,46H2,1-4H3. The van der Waals surface area contributed by atoms with Gasteiger partial charge in [0.05, 0.1) is 6.61 Å². The highest BCUT2D eigenvalue weighted by atomic mass is 16.5. The molecular weight excluding hydrogens is 633 g/mol. The number of esters is 2. The van der Waals surface area contributed by atoms with Crippen LogP contribution in [0.2, 0.25) is 0 Å². The van der Waals surface area contributed by atoms with Crippen molar-refractivity contribution in [2.75, 3.05) is 32.8 Å². The van der Waals surface area contributed by atoms with Crippen molar-refractivity contribution in [2.24, 2.45) is 11.7 Å². The average molecular weight is 723 g/mol. The van der Waals surface area contributed by atoms with E-state index in [-0.39, 0.29) is 18.0 Å². The molecule has 0 saturated carbocycles. The lowest BCUT2D eigenvalue weighted by Crippen LogP contribution is -2.31. The van der Waals surface area contributed by atoms with Crippen molar-refractivity contribution in [1.29, 1.82) is 0 Å². The summed E-state index contributed by atoms with van der Waals surface area (Å²) >= 11 is 0. The molecule has 0 radical (unpaired) electrons. The van der Waals surface area contributed by atoms with Crippen LogP contribution in [0.3, 0.4) is 0 Å². The zero-order valence-corrected chi connectivity index (χ0v) is 35.0. The molecule has 1 unspecified atom stereocenters. The van der Waals surface area contributed by atoms with E-state index in [0.29, 0.717) is 31.9 Å². The summed E-state index contributed by atoms with van der Waals surface area (Å²) in [6.45, 7) is 13.5. The lowest BCUT2D eigenvalue weighted by atomic mass is 10.0. The van der Waals surface area contributed by atoms with Gasteiger partial charge >= 0.3 is 11.9 Å². The molecule has 0 spiro atoms. The smallest absolute Gasteiger partial charge is 0.306 e. The van der Waals surface area contributed by atoms with Crippen LogP contribution in [-0.2, 0) is 19.1 Å². The van der Waals surface area contributed by atoms with Gasteiger partial charge in [0, 0.05) is 25.9 Å². The molecular formula is C45H90N2O4. The lowest BCUT2D eigenvalue weighted by Gasteiger charge is -2.21. The van der Waals surface area contributed by atoms with Gasteiger partial charge in [-0.1, -0.05) is 163 Å². The Labute approximate surface area is 318 Å². The van der Waals surface area contributed by atoms with Gasteiger partial charge in [-0.05, 0) is 76.8 Å². The van der Waals surface area contributed by atoms with Crippen LogP contribution in [0.5, 0.6) is 0 Å². The molecule has 0 aromatic carbocycles. The molecule has 0 aliphatic rings. The molecule has 0 aliphatic carbocycles. The Morgan fingerprint density at radius 1 is 0.490 bits per heavy atom. The maximum absolute atomic E-state index is 12.7. The minimum absolute atomic E-state index is 0.0202. The van der Waals surface area contributed by atoms with E-state index in [2.05, 4.69) is 32.6 Å². The Balaban J connectivity index is 3.98. The monoisotopic (exact) mass is 723 g/mol.